The Hall–Kier alpha value is -4.34. The number of anilines is 1. The van der Waals surface area contributed by atoms with Gasteiger partial charge in [0.2, 0.25) is 5.95 Å². The highest BCUT2D eigenvalue weighted by atomic mass is 16.5. The molecule has 33 heavy (non-hydrogen) atoms. The summed E-state index contributed by atoms with van der Waals surface area (Å²) in [6, 6.07) is 10.0. The van der Waals surface area contributed by atoms with Gasteiger partial charge in [-0.15, -0.1) is 0 Å². The Bertz CT molecular complexity index is 1390. The molecule has 4 aromatic rings. The van der Waals surface area contributed by atoms with Crippen molar-refractivity contribution in [1.82, 2.24) is 19.7 Å². The fourth-order valence-corrected chi connectivity index (χ4v) is 3.87. The highest BCUT2D eigenvalue weighted by Gasteiger charge is 2.22. The molecule has 1 aliphatic rings. The molecule has 0 aliphatic heterocycles. The van der Waals surface area contributed by atoms with E-state index in [0.717, 1.165) is 18.5 Å². The van der Waals surface area contributed by atoms with Gasteiger partial charge in [-0.3, -0.25) is 14.6 Å². The number of carbonyl (C=O) groups is 1. The zero-order valence-electron chi connectivity index (χ0n) is 18.0. The number of aromatic nitrogens is 4. The lowest BCUT2D eigenvalue weighted by atomic mass is 10.1. The van der Waals surface area contributed by atoms with E-state index in [9.17, 15) is 9.59 Å². The van der Waals surface area contributed by atoms with E-state index in [2.05, 4.69) is 20.4 Å². The zero-order valence-corrected chi connectivity index (χ0v) is 18.0. The molecule has 0 radical (unpaired) electrons. The third-order valence-corrected chi connectivity index (χ3v) is 5.51. The largest absolute Gasteiger partial charge is 0.497 e. The number of amides is 1. The van der Waals surface area contributed by atoms with E-state index in [0.29, 0.717) is 46.3 Å². The van der Waals surface area contributed by atoms with Crippen molar-refractivity contribution >= 4 is 11.7 Å². The third kappa shape index (κ3) is 3.75. The molecule has 0 unspecified atom stereocenters. The molecule has 0 saturated carbocycles. The van der Waals surface area contributed by atoms with Gasteiger partial charge in [0, 0.05) is 17.7 Å². The monoisotopic (exact) mass is 447 g/mol. The van der Waals surface area contributed by atoms with Crippen molar-refractivity contribution in [2.45, 2.75) is 19.3 Å². The number of aryl methyl sites for hydroxylation is 1. The van der Waals surface area contributed by atoms with E-state index in [4.69, 9.17) is 13.9 Å². The van der Waals surface area contributed by atoms with E-state index in [1.807, 2.05) is 0 Å². The standard InChI is InChI=1S/C23H21N5O5/c1-31-13-8-9-15(19(11-13)32-2)22(30)25-20-12-17(18-7-4-10-33-18)27-28(20)23-24-16-6-3-5-14(16)21(29)26-23/h4,7-12H,3,5-6H2,1-2H3,(H,25,30)(H,24,26,29). The lowest BCUT2D eigenvalue weighted by Gasteiger charge is -2.12. The van der Waals surface area contributed by atoms with Gasteiger partial charge in [-0.2, -0.15) is 9.78 Å². The van der Waals surface area contributed by atoms with Crippen molar-refractivity contribution in [3.05, 3.63) is 69.8 Å². The molecule has 10 nitrogen and oxygen atoms in total. The second-order valence-electron chi connectivity index (χ2n) is 7.49. The normalized spacial score (nSPS) is 12.4. The van der Waals surface area contributed by atoms with Crippen LogP contribution in [0.1, 0.15) is 28.0 Å². The highest BCUT2D eigenvalue weighted by Crippen LogP contribution is 2.28. The number of rotatable bonds is 6. The van der Waals surface area contributed by atoms with E-state index in [1.54, 1.807) is 36.4 Å². The maximum Gasteiger partial charge on any atom is 0.260 e. The predicted octanol–water partition coefficient (Wildman–Crippen LogP) is 2.97. The van der Waals surface area contributed by atoms with Gasteiger partial charge in [0.1, 0.15) is 23.0 Å². The van der Waals surface area contributed by atoms with Crippen molar-refractivity contribution in [3.63, 3.8) is 0 Å². The zero-order chi connectivity index (χ0) is 22.9. The molecule has 3 aromatic heterocycles. The number of carbonyl (C=O) groups excluding carboxylic acids is 1. The molecular formula is C23H21N5O5. The molecule has 1 amide bonds. The van der Waals surface area contributed by atoms with Crippen molar-refractivity contribution in [1.29, 1.82) is 0 Å². The minimum Gasteiger partial charge on any atom is -0.497 e. The van der Waals surface area contributed by atoms with Crippen LogP contribution in [0.5, 0.6) is 11.5 Å². The lowest BCUT2D eigenvalue weighted by molar-refractivity contribution is 0.102. The average Bonchev–Trinajstić information content (AvgIpc) is 3.58. The summed E-state index contributed by atoms with van der Waals surface area (Å²) in [7, 11) is 3.01. The SMILES string of the molecule is COc1ccc(C(=O)Nc2cc(-c3ccco3)nn2-c2nc3c(c(=O)[nH]2)CCC3)c(OC)c1. The number of methoxy groups -OCH3 is 2. The quantitative estimate of drug-likeness (QED) is 0.466. The van der Waals surface area contributed by atoms with Gasteiger partial charge < -0.3 is 19.2 Å². The third-order valence-electron chi connectivity index (χ3n) is 5.51. The van der Waals surface area contributed by atoms with Crippen LogP contribution >= 0.6 is 0 Å². The van der Waals surface area contributed by atoms with Crippen LogP contribution in [0.25, 0.3) is 17.4 Å². The minimum absolute atomic E-state index is 0.198. The second-order valence-corrected chi connectivity index (χ2v) is 7.49. The number of benzene rings is 1. The second kappa shape index (κ2) is 8.30. The number of furan rings is 1. The van der Waals surface area contributed by atoms with Gasteiger partial charge in [0.25, 0.3) is 11.5 Å². The van der Waals surface area contributed by atoms with Gasteiger partial charge in [0.15, 0.2) is 5.76 Å². The molecule has 168 valence electrons. The summed E-state index contributed by atoms with van der Waals surface area (Å²) in [6.45, 7) is 0. The smallest absolute Gasteiger partial charge is 0.260 e. The first-order chi connectivity index (χ1) is 16.1. The number of aromatic amines is 1. The van der Waals surface area contributed by atoms with Gasteiger partial charge >= 0.3 is 0 Å². The Morgan fingerprint density at radius 3 is 2.82 bits per heavy atom. The Kier molecular flexibility index (Phi) is 5.17. The molecule has 0 saturated heterocycles. The van der Waals surface area contributed by atoms with Crippen LogP contribution in [0.2, 0.25) is 0 Å². The average molecular weight is 447 g/mol. The van der Waals surface area contributed by atoms with Gasteiger partial charge in [-0.1, -0.05) is 0 Å². The van der Waals surface area contributed by atoms with E-state index >= 15 is 0 Å². The molecule has 1 aromatic carbocycles. The van der Waals surface area contributed by atoms with Crippen molar-refractivity contribution in [2.75, 3.05) is 19.5 Å². The van der Waals surface area contributed by atoms with Crippen LogP contribution in [-0.2, 0) is 12.8 Å². The number of fused-ring (bicyclic) bond motifs is 1. The minimum atomic E-state index is -0.426. The predicted molar refractivity (Wildman–Crippen MR) is 119 cm³/mol. The topological polar surface area (TPSA) is 124 Å². The number of hydrogen-bond donors (Lipinski definition) is 2. The molecule has 3 heterocycles. The first-order valence-electron chi connectivity index (χ1n) is 10.4. The number of H-pyrrole nitrogens is 1. The Morgan fingerprint density at radius 1 is 1.18 bits per heavy atom. The first-order valence-corrected chi connectivity index (χ1v) is 10.4. The van der Waals surface area contributed by atoms with Crippen LogP contribution in [0.15, 0.2) is 51.9 Å². The molecule has 2 N–H and O–H groups in total. The summed E-state index contributed by atoms with van der Waals surface area (Å²) in [5.74, 6) is 1.53. The molecular weight excluding hydrogens is 426 g/mol. The van der Waals surface area contributed by atoms with Crippen LogP contribution in [0, 0.1) is 0 Å². The number of nitrogens with zero attached hydrogens (tertiary/aromatic N) is 3. The summed E-state index contributed by atoms with van der Waals surface area (Å²) in [5.41, 5.74) is 2.03. The Balaban J connectivity index is 1.57. The molecule has 0 fully saturated rings. The van der Waals surface area contributed by atoms with Crippen molar-refractivity contribution in [2.24, 2.45) is 0 Å². The van der Waals surface area contributed by atoms with E-state index in [-0.39, 0.29) is 11.5 Å². The molecule has 0 atom stereocenters. The maximum absolute atomic E-state index is 13.1. The summed E-state index contributed by atoms with van der Waals surface area (Å²) >= 11 is 0. The van der Waals surface area contributed by atoms with Gasteiger partial charge in [-0.05, 0) is 43.5 Å². The highest BCUT2D eigenvalue weighted by molar-refractivity contribution is 6.06. The molecule has 5 rings (SSSR count). The maximum atomic E-state index is 13.1. The van der Waals surface area contributed by atoms with Gasteiger partial charge in [-0.25, -0.2) is 4.98 Å². The number of nitrogens with one attached hydrogen (secondary N) is 2. The lowest BCUT2D eigenvalue weighted by Crippen LogP contribution is -2.21. The molecule has 1 aliphatic carbocycles. The molecule has 10 heteroatoms. The number of ether oxygens (including phenoxy) is 2. The molecule has 0 bridgehead atoms. The van der Waals surface area contributed by atoms with Crippen LogP contribution in [0.3, 0.4) is 0 Å². The van der Waals surface area contributed by atoms with Crippen LogP contribution < -0.4 is 20.3 Å². The van der Waals surface area contributed by atoms with Crippen molar-refractivity contribution < 1.29 is 18.7 Å². The fourth-order valence-electron chi connectivity index (χ4n) is 3.87. The summed E-state index contributed by atoms with van der Waals surface area (Å²) < 4.78 is 17.4. The fraction of sp³-hybridized carbons (Fsp3) is 0.217. The van der Waals surface area contributed by atoms with Crippen molar-refractivity contribution in [3.8, 4) is 28.9 Å². The van der Waals surface area contributed by atoms with E-state index in [1.165, 1.54) is 25.2 Å². The van der Waals surface area contributed by atoms with Crippen LogP contribution in [0.4, 0.5) is 5.82 Å². The number of hydrogen-bond acceptors (Lipinski definition) is 7. The van der Waals surface area contributed by atoms with Crippen LogP contribution in [-0.4, -0.2) is 39.9 Å². The Morgan fingerprint density at radius 2 is 2.06 bits per heavy atom. The summed E-state index contributed by atoms with van der Waals surface area (Å²) in [6.07, 6.45) is 3.84. The summed E-state index contributed by atoms with van der Waals surface area (Å²) in [5, 5.41) is 7.37. The Labute approximate surface area is 188 Å². The summed E-state index contributed by atoms with van der Waals surface area (Å²) in [4.78, 5) is 33.1. The van der Waals surface area contributed by atoms with Gasteiger partial charge in [0.05, 0.1) is 31.7 Å². The van der Waals surface area contributed by atoms with E-state index < -0.39 is 5.91 Å². The molecule has 0 spiro atoms. The first kappa shape index (κ1) is 20.6.